The number of hydrogen-bond donors (Lipinski definition) is 2. The zero-order chi connectivity index (χ0) is 15.8. The number of amides is 2. The van der Waals surface area contributed by atoms with E-state index in [0.717, 1.165) is 11.3 Å². The molecular weight excluding hydrogens is 274 g/mol. The summed E-state index contributed by atoms with van der Waals surface area (Å²) in [6.45, 7) is 7.46. The second-order valence-electron chi connectivity index (χ2n) is 5.74. The van der Waals surface area contributed by atoms with E-state index in [2.05, 4.69) is 10.5 Å². The number of aliphatic carboxylic acids is 1. The van der Waals surface area contributed by atoms with Crippen molar-refractivity contribution in [2.45, 2.75) is 52.1 Å². The Labute approximate surface area is 123 Å². The van der Waals surface area contributed by atoms with Crippen molar-refractivity contribution in [3.05, 3.63) is 17.0 Å². The zero-order valence-corrected chi connectivity index (χ0v) is 12.8. The Morgan fingerprint density at radius 3 is 2.67 bits per heavy atom. The van der Waals surface area contributed by atoms with Crippen molar-refractivity contribution in [1.29, 1.82) is 0 Å². The molecule has 0 saturated carbocycles. The van der Waals surface area contributed by atoms with Crippen LogP contribution in [0.2, 0.25) is 0 Å². The lowest BCUT2D eigenvalue weighted by molar-refractivity contribution is -0.147. The van der Waals surface area contributed by atoms with Crippen molar-refractivity contribution in [2.75, 3.05) is 6.54 Å². The fraction of sp³-hybridized carbons (Fsp3) is 0.643. The second-order valence-corrected chi connectivity index (χ2v) is 5.74. The lowest BCUT2D eigenvalue weighted by Gasteiger charge is -2.32. The molecule has 1 fully saturated rings. The Hall–Kier alpha value is -2.05. The van der Waals surface area contributed by atoms with Crippen LogP contribution in [0, 0.1) is 13.8 Å². The normalized spacial score (nSPS) is 23.1. The van der Waals surface area contributed by atoms with Crippen LogP contribution in [0.25, 0.3) is 0 Å². The van der Waals surface area contributed by atoms with E-state index in [1.54, 1.807) is 13.8 Å². The minimum absolute atomic E-state index is 0.289. The predicted molar refractivity (Wildman–Crippen MR) is 74.9 cm³/mol. The molecule has 2 N–H and O–H groups in total. The van der Waals surface area contributed by atoms with Gasteiger partial charge >= 0.3 is 12.0 Å². The predicted octanol–water partition coefficient (Wildman–Crippen LogP) is 2.00. The van der Waals surface area contributed by atoms with Gasteiger partial charge in [0, 0.05) is 12.1 Å². The first-order chi connectivity index (χ1) is 9.77. The Morgan fingerprint density at radius 1 is 1.48 bits per heavy atom. The summed E-state index contributed by atoms with van der Waals surface area (Å²) < 4.78 is 5.09. The Balaban J connectivity index is 2.13. The van der Waals surface area contributed by atoms with Gasteiger partial charge in [-0.3, -0.25) is 0 Å². The third kappa shape index (κ3) is 2.59. The Bertz CT molecular complexity index is 549. The standard InChI is InChI=1S/C14H21N3O4/c1-8(11-9(2)16-21-10(11)3)15-13(20)17-7-5-6-14(17,4)12(18)19/h8H,5-7H2,1-4H3,(H,15,20)(H,18,19). The Kier molecular flexibility index (Phi) is 3.93. The largest absolute Gasteiger partial charge is 0.480 e. The molecule has 7 nitrogen and oxygen atoms in total. The molecule has 0 spiro atoms. The van der Waals surface area contributed by atoms with Crippen LogP contribution in [0.5, 0.6) is 0 Å². The zero-order valence-electron chi connectivity index (χ0n) is 12.8. The highest BCUT2D eigenvalue weighted by Crippen LogP contribution is 2.30. The lowest BCUT2D eigenvalue weighted by Crippen LogP contribution is -2.54. The summed E-state index contributed by atoms with van der Waals surface area (Å²) >= 11 is 0. The molecule has 1 aromatic heterocycles. The highest BCUT2D eigenvalue weighted by molar-refractivity contribution is 5.86. The maximum atomic E-state index is 12.4. The summed E-state index contributed by atoms with van der Waals surface area (Å²) in [6.07, 6.45) is 1.16. The van der Waals surface area contributed by atoms with Gasteiger partial charge in [-0.05, 0) is 40.5 Å². The van der Waals surface area contributed by atoms with E-state index < -0.39 is 11.5 Å². The summed E-state index contributed by atoms with van der Waals surface area (Å²) in [4.78, 5) is 25.2. The molecule has 0 radical (unpaired) electrons. The van der Waals surface area contributed by atoms with Gasteiger partial charge in [-0.25, -0.2) is 9.59 Å². The quantitative estimate of drug-likeness (QED) is 0.889. The summed E-state index contributed by atoms with van der Waals surface area (Å²) in [6, 6.07) is -0.660. The second kappa shape index (κ2) is 5.38. The number of urea groups is 1. The van der Waals surface area contributed by atoms with Crippen LogP contribution in [-0.2, 0) is 4.79 Å². The van der Waals surface area contributed by atoms with Crippen LogP contribution in [-0.4, -0.2) is 39.2 Å². The van der Waals surface area contributed by atoms with Gasteiger partial charge in [-0.1, -0.05) is 5.16 Å². The Morgan fingerprint density at radius 2 is 2.14 bits per heavy atom. The highest BCUT2D eigenvalue weighted by Gasteiger charge is 2.46. The molecule has 116 valence electrons. The monoisotopic (exact) mass is 295 g/mol. The van der Waals surface area contributed by atoms with Gasteiger partial charge in [0.15, 0.2) is 0 Å². The van der Waals surface area contributed by atoms with E-state index in [0.29, 0.717) is 25.1 Å². The van der Waals surface area contributed by atoms with Crippen molar-refractivity contribution in [2.24, 2.45) is 0 Å². The van der Waals surface area contributed by atoms with E-state index in [4.69, 9.17) is 4.52 Å². The highest BCUT2D eigenvalue weighted by atomic mass is 16.5. The van der Waals surface area contributed by atoms with Gasteiger partial charge in [-0.15, -0.1) is 0 Å². The molecule has 0 aliphatic carbocycles. The molecular formula is C14H21N3O4. The molecule has 0 bridgehead atoms. The van der Waals surface area contributed by atoms with Crippen molar-refractivity contribution >= 4 is 12.0 Å². The van der Waals surface area contributed by atoms with Gasteiger partial charge in [0.2, 0.25) is 0 Å². The number of aryl methyl sites for hydroxylation is 2. The average Bonchev–Trinajstić information content (AvgIpc) is 2.94. The number of likely N-dealkylation sites (tertiary alicyclic amines) is 1. The number of carbonyl (C=O) groups excluding carboxylic acids is 1. The van der Waals surface area contributed by atoms with Crippen molar-refractivity contribution < 1.29 is 19.2 Å². The van der Waals surface area contributed by atoms with E-state index in [9.17, 15) is 14.7 Å². The fourth-order valence-corrected chi connectivity index (χ4v) is 2.95. The van der Waals surface area contributed by atoms with Gasteiger partial charge in [-0.2, -0.15) is 0 Å². The number of nitrogens with zero attached hydrogens (tertiary/aromatic N) is 2. The van der Waals surface area contributed by atoms with Gasteiger partial charge in [0.05, 0.1) is 11.7 Å². The molecule has 1 saturated heterocycles. The minimum Gasteiger partial charge on any atom is -0.480 e. The van der Waals surface area contributed by atoms with Crippen LogP contribution < -0.4 is 5.32 Å². The smallest absolute Gasteiger partial charge is 0.329 e. The molecule has 7 heteroatoms. The number of nitrogens with one attached hydrogen (secondary N) is 1. The molecule has 2 heterocycles. The number of aromatic nitrogens is 1. The molecule has 2 atom stereocenters. The molecule has 2 amide bonds. The van der Waals surface area contributed by atoms with E-state index in [1.165, 1.54) is 4.90 Å². The summed E-state index contributed by atoms with van der Waals surface area (Å²) in [5.74, 6) is -0.317. The van der Waals surface area contributed by atoms with Crippen LogP contribution in [0.15, 0.2) is 4.52 Å². The first kappa shape index (κ1) is 15.3. The van der Waals surface area contributed by atoms with Crippen LogP contribution >= 0.6 is 0 Å². The van der Waals surface area contributed by atoms with Gasteiger partial charge in [0.1, 0.15) is 11.3 Å². The molecule has 2 unspecified atom stereocenters. The minimum atomic E-state index is -1.14. The summed E-state index contributed by atoms with van der Waals surface area (Å²) in [5, 5.41) is 16.1. The summed E-state index contributed by atoms with van der Waals surface area (Å²) in [5.41, 5.74) is 0.421. The SMILES string of the molecule is Cc1noc(C)c1C(C)NC(=O)N1CCCC1(C)C(=O)O. The van der Waals surface area contributed by atoms with Crippen LogP contribution in [0.4, 0.5) is 4.79 Å². The van der Waals surface area contributed by atoms with E-state index in [-0.39, 0.29) is 12.1 Å². The van der Waals surface area contributed by atoms with Crippen LogP contribution in [0.1, 0.15) is 49.7 Å². The number of hydrogen-bond acceptors (Lipinski definition) is 4. The first-order valence-corrected chi connectivity index (χ1v) is 7.01. The number of carbonyl (C=O) groups is 2. The number of carboxylic acids is 1. The van der Waals surface area contributed by atoms with Crippen molar-refractivity contribution in [3.8, 4) is 0 Å². The fourth-order valence-electron chi connectivity index (χ4n) is 2.95. The molecule has 1 aromatic rings. The topological polar surface area (TPSA) is 95.7 Å². The van der Waals surface area contributed by atoms with Crippen LogP contribution in [0.3, 0.4) is 0 Å². The van der Waals surface area contributed by atoms with Gasteiger partial charge < -0.3 is 19.8 Å². The lowest BCUT2D eigenvalue weighted by atomic mass is 9.99. The molecule has 1 aliphatic rings. The molecule has 0 aromatic carbocycles. The molecule has 21 heavy (non-hydrogen) atoms. The third-order valence-corrected chi connectivity index (χ3v) is 4.21. The number of carboxylic acid groups (broad SMARTS) is 1. The third-order valence-electron chi connectivity index (χ3n) is 4.21. The first-order valence-electron chi connectivity index (χ1n) is 7.01. The summed E-state index contributed by atoms with van der Waals surface area (Å²) in [7, 11) is 0. The maximum absolute atomic E-state index is 12.4. The maximum Gasteiger partial charge on any atom is 0.329 e. The number of rotatable bonds is 3. The molecule has 1 aliphatic heterocycles. The van der Waals surface area contributed by atoms with Gasteiger partial charge in [0.25, 0.3) is 0 Å². The van der Waals surface area contributed by atoms with Crippen molar-refractivity contribution in [1.82, 2.24) is 15.4 Å². The van der Waals surface area contributed by atoms with E-state index >= 15 is 0 Å². The molecule has 2 rings (SSSR count). The van der Waals surface area contributed by atoms with E-state index in [1.807, 2.05) is 13.8 Å². The van der Waals surface area contributed by atoms with Crippen molar-refractivity contribution in [3.63, 3.8) is 0 Å². The average molecular weight is 295 g/mol.